The minimum absolute atomic E-state index is 0.0845. The van der Waals surface area contributed by atoms with Gasteiger partial charge >= 0.3 is 5.69 Å². The third kappa shape index (κ3) is 3.11. The van der Waals surface area contributed by atoms with Crippen molar-refractivity contribution in [3.63, 3.8) is 0 Å². The highest BCUT2D eigenvalue weighted by molar-refractivity contribution is 5.69. The molecule has 1 atom stereocenters. The Hall–Kier alpha value is -2.00. The summed E-state index contributed by atoms with van der Waals surface area (Å²) in [5.41, 5.74) is -1.24. The molecule has 2 rings (SSSR count). The van der Waals surface area contributed by atoms with Crippen LogP contribution in [0.5, 0.6) is 0 Å². The van der Waals surface area contributed by atoms with Crippen LogP contribution in [-0.4, -0.2) is 51.9 Å². The van der Waals surface area contributed by atoms with Gasteiger partial charge in [-0.1, -0.05) is 0 Å². The number of anilines is 2. The average Bonchev–Trinajstić information content (AvgIpc) is 2.84. The zero-order valence-electron chi connectivity index (χ0n) is 11.1. The topological polar surface area (TPSA) is 122 Å². The third-order valence-electron chi connectivity index (χ3n) is 3.02. The minimum Gasteiger partial charge on any atom is -0.386 e. The molecule has 20 heavy (non-hydrogen) atoms. The highest BCUT2D eigenvalue weighted by Gasteiger charge is 2.33. The number of aromatic nitrogens is 2. The molecule has 1 fully saturated rings. The van der Waals surface area contributed by atoms with E-state index in [9.17, 15) is 15.2 Å². The molecule has 110 valence electrons. The first-order chi connectivity index (χ1) is 9.56. The third-order valence-corrected chi connectivity index (χ3v) is 3.02. The maximum absolute atomic E-state index is 11.2. The Morgan fingerprint density at radius 3 is 2.75 bits per heavy atom. The Morgan fingerprint density at radius 1 is 1.50 bits per heavy atom. The summed E-state index contributed by atoms with van der Waals surface area (Å²) in [5.74, 6) is 0.242. The lowest BCUT2D eigenvalue weighted by molar-refractivity contribution is -0.383. The zero-order valence-corrected chi connectivity index (χ0v) is 11.1. The van der Waals surface area contributed by atoms with Crippen molar-refractivity contribution in [3.8, 4) is 0 Å². The Bertz CT molecular complexity index is 490. The summed E-state index contributed by atoms with van der Waals surface area (Å²) in [4.78, 5) is 18.3. The zero-order chi connectivity index (χ0) is 14.6. The first-order valence-electron chi connectivity index (χ1n) is 6.33. The van der Waals surface area contributed by atoms with Crippen LogP contribution in [0.25, 0.3) is 0 Å². The molecule has 9 heteroatoms. The van der Waals surface area contributed by atoms with Gasteiger partial charge in [-0.2, -0.15) is 0 Å². The van der Waals surface area contributed by atoms with Gasteiger partial charge in [-0.15, -0.1) is 0 Å². The Morgan fingerprint density at radius 2 is 2.20 bits per heavy atom. The summed E-state index contributed by atoms with van der Waals surface area (Å²) in [7, 11) is 0. The predicted octanol–water partition coefficient (Wildman–Crippen LogP) is 0.380. The van der Waals surface area contributed by atoms with Crippen LogP contribution >= 0.6 is 0 Å². The van der Waals surface area contributed by atoms with Gasteiger partial charge in [0.25, 0.3) is 0 Å². The molecular formula is C11H17N5O4. The molecule has 1 saturated heterocycles. The van der Waals surface area contributed by atoms with Crippen LogP contribution in [0.2, 0.25) is 0 Å². The van der Waals surface area contributed by atoms with Gasteiger partial charge in [0.15, 0.2) is 0 Å². The summed E-state index contributed by atoms with van der Waals surface area (Å²) in [6.45, 7) is 3.15. The van der Waals surface area contributed by atoms with E-state index in [0.717, 1.165) is 0 Å². The van der Waals surface area contributed by atoms with E-state index in [1.165, 1.54) is 6.33 Å². The van der Waals surface area contributed by atoms with Crippen LogP contribution in [-0.2, 0) is 4.74 Å². The van der Waals surface area contributed by atoms with Gasteiger partial charge in [-0.25, -0.2) is 9.97 Å². The van der Waals surface area contributed by atoms with Gasteiger partial charge in [0.1, 0.15) is 11.9 Å². The standard InChI is InChI=1S/C11H17N5O4/c1-2-12-9-8(16(18)19)10(15-7-14-9)13-5-11(17)3-4-20-6-11/h7,17H,2-6H2,1H3,(H2,12,13,14,15). The maximum Gasteiger partial charge on any atom is 0.353 e. The van der Waals surface area contributed by atoms with Crippen molar-refractivity contribution in [2.24, 2.45) is 0 Å². The average molecular weight is 283 g/mol. The fourth-order valence-corrected chi connectivity index (χ4v) is 1.96. The lowest BCUT2D eigenvalue weighted by Gasteiger charge is -2.20. The molecule has 0 radical (unpaired) electrons. The lowest BCUT2D eigenvalue weighted by Crippen LogP contribution is -2.37. The van der Waals surface area contributed by atoms with Crippen molar-refractivity contribution >= 4 is 17.3 Å². The number of hydrogen-bond acceptors (Lipinski definition) is 8. The minimum atomic E-state index is -1.02. The van der Waals surface area contributed by atoms with Crippen LogP contribution in [0.1, 0.15) is 13.3 Å². The van der Waals surface area contributed by atoms with Crippen molar-refractivity contribution in [1.82, 2.24) is 9.97 Å². The summed E-state index contributed by atoms with van der Waals surface area (Å²) in [6, 6.07) is 0. The molecule has 1 aliphatic rings. The van der Waals surface area contributed by atoms with Crippen molar-refractivity contribution in [2.45, 2.75) is 18.9 Å². The Kier molecular flexibility index (Phi) is 4.30. The molecule has 1 aliphatic heterocycles. The van der Waals surface area contributed by atoms with E-state index in [4.69, 9.17) is 4.74 Å². The number of nitro groups is 1. The van der Waals surface area contributed by atoms with Crippen LogP contribution in [0.3, 0.4) is 0 Å². The molecule has 0 aliphatic carbocycles. The largest absolute Gasteiger partial charge is 0.386 e. The van der Waals surface area contributed by atoms with Crippen LogP contribution in [0.4, 0.5) is 17.3 Å². The van der Waals surface area contributed by atoms with E-state index in [1.54, 1.807) is 0 Å². The predicted molar refractivity (Wildman–Crippen MR) is 71.7 cm³/mol. The highest BCUT2D eigenvalue weighted by atomic mass is 16.6. The fourth-order valence-electron chi connectivity index (χ4n) is 1.96. The normalized spacial score (nSPS) is 21.7. The molecular weight excluding hydrogens is 266 g/mol. The summed E-state index contributed by atoms with van der Waals surface area (Å²) in [6.07, 6.45) is 1.72. The Labute approximate surface area is 115 Å². The van der Waals surface area contributed by atoms with Crippen LogP contribution in [0.15, 0.2) is 6.33 Å². The quantitative estimate of drug-likeness (QED) is 0.506. The number of ether oxygens (including phenoxy) is 1. The number of nitrogens with one attached hydrogen (secondary N) is 2. The van der Waals surface area contributed by atoms with Crippen LogP contribution in [0, 0.1) is 10.1 Å². The molecule has 0 aromatic carbocycles. The van der Waals surface area contributed by atoms with Crippen molar-refractivity contribution in [1.29, 1.82) is 0 Å². The molecule has 0 bridgehead atoms. The molecule has 0 spiro atoms. The molecule has 1 aromatic heterocycles. The van der Waals surface area contributed by atoms with E-state index < -0.39 is 10.5 Å². The molecule has 1 unspecified atom stereocenters. The summed E-state index contributed by atoms with van der Waals surface area (Å²) in [5, 5.41) is 26.9. The smallest absolute Gasteiger partial charge is 0.353 e. The molecule has 0 amide bonds. The maximum atomic E-state index is 11.2. The van der Waals surface area contributed by atoms with Gasteiger partial charge in [0, 0.05) is 26.1 Å². The number of rotatable bonds is 6. The van der Waals surface area contributed by atoms with E-state index in [1.807, 2.05) is 6.92 Å². The van der Waals surface area contributed by atoms with Gasteiger partial charge in [-0.3, -0.25) is 10.1 Å². The van der Waals surface area contributed by atoms with Gasteiger partial charge in [0.2, 0.25) is 11.6 Å². The molecule has 2 heterocycles. The van der Waals surface area contributed by atoms with Crippen LogP contribution < -0.4 is 10.6 Å². The van der Waals surface area contributed by atoms with E-state index >= 15 is 0 Å². The fraction of sp³-hybridized carbons (Fsp3) is 0.636. The molecule has 1 aromatic rings. The second kappa shape index (κ2) is 5.97. The van der Waals surface area contributed by atoms with Crippen molar-refractivity contribution < 1.29 is 14.8 Å². The van der Waals surface area contributed by atoms with Gasteiger partial charge in [0.05, 0.1) is 11.5 Å². The van der Waals surface area contributed by atoms with Gasteiger partial charge in [-0.05, 0) is 6.92 Å². The molecule has 0 saturated carbocycles. The second-order valence-corrected chi connectivity index (χ2v) is 4.59. The van der Waals surface area contributed by atoms with Crippen molar-refractivity contribution in [2.75, 3.05) is 36.9 Å². The SMILES string of the molecule is CCNc1ncnc(NCC2(O)CCOC2)c1[N+](=O)[O-]. The van der Waals surface area contributed by atoms with E-state index in [0.29, 0.717) is 19.6 Å². The summed E-state index contributed by atoms with van der Waals surface area (Å²) < 4.78 is 5.12. The number of hydrogen-bond donors (Lipinski definition) is 3. The molecule has 9 nitrogen and oxygen atoms in total. The number of nitrogens with zero attached hydrogens (tertiary/aromatic N) is 3. The Balaban J connectivity index is 2.18. The van der Waals surface area contributed by atoms with E-state index in [-0.39, 0.29) is 30.5 Å². The number of aliphatic hydroxyl groups is 1. The second-order valence-electron chi connectivity index (χ2n) is 4.59. The monoisotopic (exact) mass is 283 g/mol. The van der Waals surface area contributed by atoms with Gasteiger partial charge < -0.3 is 20.5 Å². The first kappa shape index (κ1) is 14.4. The van der Waals surface area contributed by atoms with E-state index in [2.05, 4.69) is 20.6 Å². The lowest BCUT2D eigenvalue weighted by atomic mass is 10.0. The first-order valence-corrected chi connectivity index (χ1v) is 6.33. The van der Waals surface area contributed by atoms with Crippen molar-refractivity contribution in [3.05, 3.63) is 16.4 Å². The summed E-state index contributed by atoms with van der Waals surface area (Å²) >= 11 is 0. The molecule has 3 N–H and O–H groups in total. The highest BCUT2D eigenvalue weighted by Crippen LogP contribution is 2.29.